The van der Waals surface area contributed by atoms with E-state index in [2.05, 4.69) is 22.2 Å². The van der Waals surface area contributed by atoms with Crippen LogP contribution in [0.1, 0.15) is 55.6 Å². The number of amides is 1. The second kappa shape index (κ2) is 12.1. The Hall–Kier alpha value is -2.92. The summed E-state index contributed by atoms with van der Waals surface area (Å²) >= 11 is 5.94. The molecule has 1 amide bonds. The summed E-state index contributed by atoms with van der Waals surface area (Å²) in [4.78, 5) is 59.6. The Kier molecular flexibility index (Phi) is 9.00. The van der Waals surface area contributed by atoms with Crippen molar-refractivity contribution in [1.29, 1.82) is 0 Å². The summed E-state index contributed by atoms with van der Waals surface area (Å²) < 4.78 is 2.52. The fourth-order valence-corrected chi connectivity index (χ4v) is 5.58. The number of benzene rings is 2. The molecule has 2 unspecified atom stereocenters. The number of fused-ring (bicyclic) bond motifs is 1. The number of carbonyl (C=O) groups is 2. The molecule has 198 valence electrons. The van der Waals surface area contributed by atoms with Gasteiger partial charge in [-0.3, -0.25) is 23.5 Å². The standard InChI is InChI=1S/C27H28ClN5O5.Na/c1-2-3-4-13-32-22-21(30-26(28)31-22)24(35)33(27(32)38)14-7-12-29-23(34)19-16-10-5-8-15-9-6-11-17(18(15)16)20(19)25(36)37;/h5-6,8-11,19-20H,2-4,7,12-14H2,1H3,(H3,29,30,31,34,35,36,37);/q;+1/p-1. The quantitative estimate of drug-likeness (QED) is 0.158. The smallest absolute Gasteiger partial charge is 0.481 e. The topological polar surface area (TPSA) is 137 Å². The minimum Gasteiger partial charge on any atom is -0.481 e. The van der Waals surface area contributed by atoms with E-state index in [1.165, 1.54) is 4.57 Å². The average molecular weight is 560 g/mol. The number of hydrogen-bond acceptors (Lipinski definition) is 5. The maximum Gasteiger partial charge on any atom is 1.00 e. The summed E-state index contributed by atoms with van der Waals surface area (Å²) in [6, 6.07) is 11.0. The molecule has 39 heavy (non-hydrogen) atoms. The van der Waals surface area contributed by atoms with Crippen LogP contribution in [-0.2, 0) is 22.7 Å². The first kappa shape index (κ1) is 29.1. The Balaban J connectivity index is 0.00000353. The third kappa shape index (κ3) is 5.30. The van der Waals surface area contributed by atoms with Crippen LogP contribution in [0.25, 0.3) is 21.9 Å². The fourth-order valence-electron chi connectivity index (χ4n) is 5.41. The van der Waals surface area contributed by atoms with Gasteiger partial charge in [0.15, 0.2) is 0 Å². The van der Waals surface area contributed by atoms with Gasteiger partial charge in [0.25, 0.3) is 5.56 Å². The Labute approximate surface area is 250 Å². The van der Waals surface area contributed by atoms with E-state index in [0.717, 1.165) is 34.6 Å². The first-order valence-corrected chi connectivity index (χ1v) is 13.1. The van der Waals surface area contributed by atoms with Crippen molar-refractivity contribution in [2.24, 2.45) is 0 Å². The summed E-state index contributed by atoms with van der Waals surface area (Å²) in [6.07, 6.45) is 2.90. The van der Waals surface area contributed by atoms with Crippen LogP contribution in [0.2, 0.25) is 5.28 Å². The van der Waals surface area contributed by atoms with Gasteiger partial charge in [-0.2, -0.15) is 0 Å². The number of carboxylic acid groups (broad SMARTS) is 1. The van der Waals surface area contributed by atoms with Gasteiger partial charge in [-0.1, -0.05) is 67.8 Å². The monoisotopic (exact) mass is 559 g/mol. The van der Waals surface area contributed by atoms with Crippen LogP contribution in [0.5, 0.6) is 0 Å². The van der Waals surface area contributed by atoms with Crippen molar-refractivity contribution in [3.05, 3.63) is 73.6 Å². The maximum atomic E-state index is 13.3. The number of halogens is 1. The molecule has 0 bridgehead atoms. The number of carbonyl (C=O) groups excluding carboxylic acids is 1. The van der Waals surface area contributed by atoms with Crippen LogP contribution < -0.4 is 51.1 Å². The van der Waals surface area contributed by atoms with Gasteiger partial charge in [-0.25, -0.2) is 4.79 Å². The van der Waals surface area contributed by atoms with Gasteiger partial charge >= 0.3 is 41.2 Å². The summed E-state index contributed by atoms with van der Waals surface area (Å²) in [5.41, 5.74) is 0.461. The van der Waals surface area contributed by atoms with Crippen molar-refractivity contribution in [2.45, 2.75) is 57.5 Å². The molecule has 4 aromatic rings. The molecule has 1 aliphatic rings. The van der Waals surface area contributed by atoms with E-state index in [0.29, 0.717) is 17.7 Å². The van der Waals surface area contributed by atoms with Crippen LogP contribution in [0.3, 0.4) is 0 Å². The van der Waals surface area contributed by atoms with E-state index >= 15 is 0 Å². The number of aryl methyl sites for hydroxylation is 1. The number of nitrogens with one attached hydrogen (secondary N) is 1. The molecular formula is C27H27ClN5NaO5. The zero-order valence-corrected chi connectivity index (χ0v) is 24.6. The predicted octanol–water partition coefficient (Wildman–Crippen LogP) is -0.0119. The molecule has 2 atom stereocenters. The minimum atomic E-state index is -1.06. The van der Waals surface area contributed by atoms with Gasteiger partial charge in [0, 0.05) is 36.1 Å². The van der Waals surface area contributed by atoms with E-state index in [4.69, 9.17) is 11.6 Å². The van der Waals surface area contributed by atoms with E-state index < -0.39 is 35.0 Å². The second-order valence-electron chi connectivity index (χ2n) is 9.49. The molecule has 0 radical (unpaired) electrons. The normalized spacial score (nSPS) is 15.9. The number of aromatic nitrogens is 4. The SMILES string of the molecule is CCCCCn1c(=O)n(CCCNC(=O)C2c3cccc4cccc(c34)C2C(=O)O)c(=O)c2[n-]c(Cl)nc21.[Na+]. The number of nitrogens with zero attached hydrogens (tertiary/aromatic N) is 4. The third-order valence-corrected chi connectivity index (χ3v) is 7.31. The fraction of sp³-hybridized carbons (Fsp3) is 0.370. The molecule has 2 aromatic heterocycles. The van der Waals surface area contributed by atoms with Crippen LogP contribution in [-0.4, -0.2) is 37.6 Å². The molecule has 10 nitrogen and oxygen atoms in total. The van der Waals surface area contributed by atoms with Crippen molar-refractivity contribution >= 4 is 45.4 Å². The number of aliphatic carboxylic acids is 1. The Morgan fingerprint density at radius 3 is 2.36 bits per heavy atom. The molecule has 2 N–H and O–H groups in total. The molecule has 2 aromatic carbocycles. The van der Waals surface area contributed by atoms with Gasteiger partial charge in [0.1, 0.15) is 0 Å². The van der Waals surface area contributed by atoms with Gasteiger partial charge in [-0.05, 0) is 34.7 Å². The maximum absolute atomic E-state index is 13.3. The van der Waals surface area contributed by atoms with E-state index in [-0.39, 0.29) is 65.5 Å². The van der Waals surface area contributed by atoms with Crippen molar-refractivity contribution in [1.82, 2.24) is 24.4 Å². The molecule has 5 rings (SSSR count). The summed E-state index contributed by atoms with van der Waals surface area (Å²) in [5, 5.41) is 14.4. The van der Waals surface area contributed by atoms with E-state index in [1.54, 1.807) is 18.2 Å². The Morgan fingerprint density at radius 1 is 1.03 bits per heavy atom. The Morgan fingerprint density at radius 2 is 1.69 bits per heavy atom. The first-order chi connectivity index (χ1) is 18.3. The second-order valence-corrected chi connectivity index (χ2v) is 9.83. The zero-order chi connectivity index (χ0) is 27.0. The molecule has 2 heterocycles. The zero-order valence-electron chi connectivity index (χ0n) is 21.8. The molecule has 0 fully saturated rings. The molecular weight excluding hydrogens is 533 g/mol. The average Bonchev–Trinajstić information content (AvgIpc) is 3.45. The van der Waals surface area contributed by atoms with Crippen molar-refractivity contribution in [3.63, 3.8) is 0 Å². The van der Waals surface area contributed by atoms with E-state index in [1.807, 2.05) is 18.2 Å². The number of rotatable bonds is 10. The molecule has 0 saturated carbocycles. The summed E-state index contributed by atoms with van der Waals surface area (Å²) in [7, 11) is 0. The van der Waals surface area contributed by atoms with Crippen molar-refractivity contribution in [3.8, 4) is 0 Å². The number of unbranched alkanes of at least 4 members (excludes halogenated alkanes) is 2. The van der Waals surface area contributed by atoms with Crippen molar-refractivity contribution in [2.75, 3.05) is 6.54 Å². The summed E-state index contributed by atoms with van der Waals surface area (Å²) in [6.45, 7) is 2.64. The number of hydrogen-bond donors (Lipinski definition) is 2. The van der Waals surface area contributed by atoms with Crippen LogP contribution in [0.4, 0.5) is 0 Å². The van der Waals surface area contributed by atoms with Gasteiger partial charge < -0.3 is 20.4 Å². The predicted molar refractivity (Wildman–Crippen MR) is 143 cm³/mol. The molecule has 0 aliphatic heterocycles. The summed E-state index contributed by atoms with van der Waals surface area (Å²) in [5.74, 6) is -3.33. The largest absolute Gasteiger partial charge is 1.00 e. The van der Waals surface area contributed by atoms with Gasteiger partial charge in [-0.15, -0.1) is 0 Å². The molecule has 0 saturated heterocycles. The number of imidazole rings is 1. The Bertz CT molecular complexity index is 1670. The minimum absolute atomic E-state index is 0. The molecule has 12 heteroatoms. The van der Waals surface area contributed by atoms with E-state index in [9.17, 15) is 24.3 Å². The van der Waals surface area contributed by atoms with Gasteiger partial charge in [0.05, 0.1) is 11.8 Å². The number of carboxylic acids is 1. The van der Waals surface area contributed by atoms with Crippen LogP contribution in [0, 0.1) is 0 Å². The van der Waals surface area contributed by atoms with Crippen LogP contribution >= 0.6 is 11.6 Å². The first-order valence-electron chi connectivity index (χ1n) is 12.7. The van der Waals surface area contributed by atoms with Gasteiger partial charge in [0.2, 0.25) is 5.91 Å². The third-order valence-electron chi connectivity index (χ3n) is 7.14. The molecule has 0 spiro atoms. The van der Waals surface area contributed by atoms with Crippen molar-refractivity contribution < 1.29 is 44.3 Å². The van der Waals surface area contributed by atoms with Crippen LogP contribution in [0.15, 0.2) is 46.0 Å². The molecule has 1 aliphatic carbocycles.